The van der Waals surface area contributed by atoms with E-state index in [1.165, 1.54) is 41.6 Å². The van der Waals surface area contributed by atoms with Gasteiger partial charge >= 0.3 is 0 Å². The number of nitrogen functional groups attached to an aromatic ring is 1. The Bertz CT molecular complexity index is 711. The topological polar surface area (TPSA) is 38.5 Å². The Hall–Kier alpha value is -2.16. The molecule has 2 aliphatic rings. The van der Waals surface area contributed by atoms with E-state index in [9.17, 15) is 0 Å². The van der Waals surface area contributed by atoms with Crippen LogP contribution in [0.15, 0.2) is 36.4 Å². The fraction of sp³-hybridized carbons (Fsp3) is 0.400. The van der Waals surface area contributed by atoms with E-state index in [2.05, 4.69) is 35.2 Å². The monoisotopic (exact) mass is 308 g/mol. The highest BCUT2D eigenvalue weighted by Gasteiger charge is 2.19. The number of anilines is 2. The average molecular weight is 308 g/mol. The Morgan fingerprint density at radius 3 is 2.87 bits per heavy atom. The first kappa shape index (κ1) is 14.4. The standard InChI is InChI=1S/C20H24N2O/c21-17-9-8-16-10-11-22(19(16)14-17)12-13-23-20-7-3-5-15-4-1-2-6-18(15)20/h3,5,7-9,14H,1-2,4,6,10-13,21H2. The van der Waals surface area contributed by atoms with Gasteiger partial charge in [0.2, 0.25) is 0 Å². The fourth-order valence-corrected chi connectivity index (χ4v) is 3.84. The number of hydrogen-bond acceptors (Lipinski definition) is 3. The van der Waals surface area contributed by atoms with E-state index in [-0.39, 0.29) is 0 Å². The number of rotatable bonds is 4. The van der Waals surface area contributed by atoms with E-state index in [4.69, 9.17) is 10.5 Å². The second-order valence-corrected chi connectivity index (χ2v) is 6.57. The Morgan fingerprint density at radius 2 is 1.91 bits per heavy atom. The Morgan fingerprint density at radius 1 is 1.00 bits per heavy atom. The molecule has 0 spiro atoms. The first-order valence-electron chi connectivity index (χ1n) is 8.68. The van der Waals surface area contributed by atoms with Crippen molar-refractivity contribution in [1.82, 2.24) is 0 Å². The zero-order valence-electron chi connectivity index (χ0n) is 13.6. The van der Waals surface area contributed by atoms with Crippen molar-refractivity contribution in [3.8, 4) is 5.75 Å². The molecule has 2 aromatic rings. The largest absolute Gasteiger partial charge is 0.491 e. The van der Waals surface area contributed by atoms with Gasteiger partial charge in [-0.2, -0.15) is 0 Å². The van der Waals surface area contributed by atoms with E-state index in [0.29, 0.717) is 0 Å². The molecule has 120 valence electrons. The minimum atomic E-state index is 0.727. The minimum absolute atomic E-state index is 0.727. The van der Waals surface area contributed by atoms with Crippen molar-refractivity contribution in [2.75, 3.05) is 30.3 Å². The zero-order chi connectivity index (χ0) is 15.6. The van der Waals surface area contributed by atoms with E-state index in [1.807, 2.05) is 6.07 Å². The summed E-state index contributed by atoms with van der Waals surface area (Å²) in [7, 11) is 0. The van der Waals surface area contributed by atoms with Crippen LogP contribution in [0.3, 0.4) is 0 Å². The molecule has 2 aromatic carbocycles. The van der Waals surface area contributed by atoms with E-state index >= 15 is 0 Å². The summed E-state index contributed by atoms with van der Waals surface area (Å²) < 4.78 is 6.14. The summed E-state index contributed by atoms with van der Waals surface area (Å²) in [5.74, 6) is 1.09. The van der Waals surface area contributed by atoms with Crippen LogP contribution in [-0.4, -0.2) is 19.7 Å². The van der Waals surface area contributed by atoms with Gasteiger partial charge in [-0.3, -0.25) is 0 Å². The van der Waals surface area contributed by atoms with Crippen molar-refractivity contribution in [2.24, 2.45) is 0 Å². The van der Waals surface area contributed by atoms with Gasteiger partial charge in [0.05, 0.1) is 6.54 Å². The third kappa shape index (κ3) is 2.88. The maximum absolute atomic E-state index is 6.14. The molecule has 0 saturated carbocycles. The van der Waals surface area contributed by atoms with Gasteiger partial charge in [0.1, 0.15) is 12.4 Å². The van der Waals surface area contributed by atoms with Crippen LogP contribution in [0.25, 0.3) is 0 Å². The van der Waals surface area contributed by atoms with Crippen LogP contribution in [0.4, 0.5) is 11.4 Å². The van der Waals surface area contributed by atoms with Crippen LogP contribution < -0.4 is 15.4 Å². The number of nitrogens with two attached hydrogens (primary N) is 1. The molecule has 1 heterocycles. The maximum Gasteiger partial charge on any atom is 0.122 e. The zero-order valence-corrected chi connectivity index (χ0v) is 13.6. The first-order valence-corrected chi connectivity index (χ1v) is 8.68. The van der Waals surface area contributed by atoms with Gasteiger partial charge in [0.25, 0.3) is 0 Å². The highest BCUT2D eigenvalue weighted by Crippen LogP contribution is 2.31. The molecule has 23 heavy (non-hydrogen) atoms. The summed E-state index contributed by atoms with van der Waals surface area (Å²) in [5.41, 5.74) is 12.4. The summed E-state index contributed by atoms with van der Waals surface area (Å²) in [6.45, 7) is 2.71. The number of ether oxygens (including phenoxy) is 1. The second kappa shape index (κ2) is 6.15. The van der Waals surface area contributed by atoms with Gasteiger partial charge in [-0.25, -0.2) is 0 Å². The lowest BCUT2D eigenvalue weighted by molar-refractivity contribution is 0.319. The number of nitrogens with zero attached hydrogens (tertiary/aromatic N) is 1. The quantitative estimate of drug-likeness (QED) is 0.877. The lowest BCUT2D eigenvalue weighted by Crippen LogP contribution is -2.26. The molecule has 0 saturated heterocycles. The molecule has 0 aromatic heterocycles. The van der Waals surface area contributed by atoms with Crippen LogP contribution in [0.2, 0.25) is 0 Å². The summed E-state index contributed by atoms with van der Waals surface area (Å²) in [4.78, 5) is 2.39. The molecule has 2 N–H and O–H groups in total. The smallest absolute Gasteiger partial charge is 0.122 e. The molecular formula is C20H24N2O. The lowest BCUT2D eigenvalue weighted by atomic mass is 9.91. The highest BCUT2D eigenvalue weighted by molar-refractivity contribution is 5.64. The van der Waals surface area contributed by atoms with Gasteiger partial charge in [-0.05, 0) is 67.0 Å². The number of benzene rings is 2. The molecule has 0 atom stereocenters. The van der Waals surface area contributed by atoms with Gasteiger partial charge in [-0.1, -0.05) is 18.2 Å². The van der Waals surface area contributed by atoms with Crippen molar-refractivity contribution in [1.29, 1.82) is 0 Å². The van der Waals surface area contributed by atoms with Crippen LogP contribution in [-0.2, 0) is 19.3 Å². The predicted molar refractivity (Wildman–Crippen MR) is 95.4 cm³/mol. The molecule has 1 aliphatic carbocycles. The van der Waals surface area contributed by atoms with Crippen LogP contribution >= 0.6 is 0 Å². The van der Waals surface area contributed by atoms with Crippen LogP contribution in [0, 0.1) is 0 Å². The predicted octanol–water partition coefficient (Wildman–Crippen LogP) is 3.59. The summed E-state index contributed by atoms with van der Waals surface area (Å²) in [6.07, 6.45) is 6.06. The van der Waals surface area contributed by atoms with Gasteiger partial charge in [0.15, 0.2) is 0 Å². The molecular weight excluding hydrogens is 284 g/mol. The molecule has 3 heteroatoms. The normalized spacial score (nSPS) is 16.1. The van der Waals surface area contributed by atoms with E-state index in [0.717, 1.165) is 44.0 Å². The molecule has 0 unspecified atom stereocenters. The second-order valence-electron chi connectivity index (χ2n) is 6.57. The van der Waals surface area contributed by atoms with Crippen molar-refractivity contribution < 1.29 is 4.74 Å². The molecule has 3 nitrogen and oxygen atoms in total. The van der Waals surface area contributed by atoms with Gasteiger partial charge < -0.3 is 15.4 Å². The first-order chi connectivity index (χ1) is 11.3. The third-order valence-corrected chi connectivity index (χ3v) is 5.07. The molecule has 1 aliphatic heterocycles. The Balaban J connectivity index is 1.41. The minimum Gasteiger partial charge on any atom is -0.491 e. The van der Waals surface area contributed by atoms with Crippen LogP contribution in [0.1, 0.15) is 29.5 Å². The molecule has 0 radical (unpaired) electrons. The van der Waals surface area contributed by atoms with E-state index in [1.54, 1.807) is 0 Å². The summed E-state index contributed by atoms with van der Waals surface area (Å²) >= 11 is 0. The van der Waals surface area contributed by atoms with Crippen LogP contribution in [0.5, 0.6) is 5.75 Å². The summed E-state index contributed by atoms with van der Waals surface area (Å²) in [5, 5.41) is 0. The van der Waals surface area contributed by atoms with Gasteiger partial charge in [0, 0.05) is 17.9 Å². The van der Waals surface area contributed by atoms with Gasteiger partial charge in [-0.15, -0.1) is 0 Å². The number of fused-ring (bicyclic) bond motifs is 2. The molecule has 0 bridgehead atoms. The highest BCUT2D eigenvalue weighted by atomic mass is 16.5. The van der Waals surface area contributed by atoms with Crippen molar-refractivity contribution in [3.05, 3.63) is 53.1 Å². The SMILES string of the molecule is Nc1ccc2c(c1)N(CCOc1cccc3c1CCCC3)CC2. The summed E-state index contributed by atoms with van der Waals surface area (Å²) in [6, 6.07) is 12.7. The fourth-order valence-electron chi connectivity index (χ4n) is 3.84. The number of hydrogen-bond donors (Lipinski definition) is 1. The maximum atomic E-state index is 6.14. The number of aryl methyl sites for hydroxylation is 1. The lowest BCUT2D eigenvalue weighted by Gasteiger charge is -2.22. The van der Waals surface area contributed by atoms with E-state index < -0.39 is 0 Å². The third-order valence-electron chi connectivity index (χ3n) is 5.07. The van der Waals surface area contributed by atoms with Crippen molar-refractivity contribution in [2.45, 2.75) is 32.1 Å². The molecule has 0 fully saturated rings. The van der Waals surface area contributed by atoms with Crippen molar-refractivity contribution >= 4 is 11.4 Å². The Labute approximate surface area is 138 Å². The van der Waals surface area contributed by atoms with Crippen molar-refractivity contribution in [3.63, 3.8) is 0 Å². The molecule has 0 amide bonds. The Kier molecular flexibility index (Phi) is 3.86. The average Bonchev–Trinajstić information content (AvgIpc) is 2.97. The molecule has 4 rings (SSSR count).